The molecule has 25 heavy (non-hydrogen) atoms. The number of para-hydroxylation sites is 1. The highest BCUT2D eigenvalue weighted by Gasteiger charge is 2.28. The molecule has 0 unspecified atom stereocenters. The Kier molecular flexibility index (Phi) is 4.10. The summed E-state index contributed by atoms with van der Waals surface area (Å²) in [5.41, 5.74) is 5.56. The van der Waals surface area contributed by atoms with E-state index >= 15 is 0 Å². The maximum absolute atomic E-state index is 9.24. The van der Waals surface area contributed by atoms with Crippen LogP contribution < -0.4 is 10.3 Å². The van der Waals surface area contributed by atoms with Crippen molar-refractivity contribution in [2.24, 2.45) is 0 Å². The molecule has 0 N–H and O–H groups in total. The topological polar surface area (TPSA) is 27.0 Å². The number of benzene rings is 3. The Hall–Kier alpha value is -3.25. The summed E-state index contributed by atoms with van der Waals surface area (Å²) in [5.74, 6) is 2.22. The van der Waals surface area contributed by atoms with E-state index in [1.807, 2.05) is 24.3 Å². The first-order chi connectivity index (χ1) is 12.3. The first kappa shape index (κ1) is 15.3. The molecule has 1 heterocycles. The number of rotatable bonds is 3. The molecule has 0 atom stereocenters. The predicted molar refractivity (Wildman–Crippen MR) is 105 cm³/mol. The van der Waals surface area contributed by atoms with Gasteiger partial charge in [-0.25, -0.2) is 0 Å². The van der Waals surface area contributed by atoms with Crippen LogP contribution in [0.4, 0.5) is 5.69 Å². The molecule has 4 rings (SSSR count). The third kappa shape index (κ3) is 3.07. The van der Waals surface area contributed by atoms with E-state index in [2.05, 4.69) is 77.5 Å². The number of anilines is 1. The highest BCUT2D eigenvalue weighted by Crippen LogP contribution is 2.29. The molecule has 0 radical (unpaired) electrons. The number of fused-ring (bicyclic) bond motifs is 1. The summed E-state index contributed by atoms with van der Waals surface area (Å²) in [5, 5.41) is 9.24. The Morgan fingerprint density at radius 2 is 1.68 bits per heavy atom. The van der Waals surface area contributed by atoms with Gasteiger partial charge < -0.3 is 4.81 Å². The first-order valence-electron chi connectivity index (χ1n) is 8.43. The van der Waals surface area contributed by atoms with Crippen LogP contribution in [0.25, 0.3) is 6.08 Å². The van der Waals surface area contributed by atoms with Crippen molar-refractivity contribution in [3.05, 3.63) is 102 Å². The summed E-state index contributed by atoms with van der Waals surface area (Å²) < 4.78 is 0. The minimum absolute atomic E-state index is 0.114. The van der Waals surface area contributed by atoms with Gasteiger partial charge in [-0.2, -0.15) is 5.26 Å². The van der Waals surface area contributed by atoms with Gasteiger partial charge in [-0.1, -0.05) is 78.2 Å². The molecule has 0 fully saturated rings. The van der Waals surface area contributed by atoms with Gasteiger partial charge in [0.1, 0.15) is 0 Å². The van der Waals surface area contributed by atoms with Crippen LogP contribution in [-0.4, -0.2) is 6.85 Å². The van der Waals surface area contributed by atoms with Gasteiger partial charge in [-0.15, -0.1) is 0 Å². The van der Waals surface area contributed by atoms with Gasteiger partial charge in [0.2, 0.25) is 0 Å². The van der Waals surface area contributed by atoms with E-state index in [4.69, 9.17) is 0 Å². The first-order valence-corrected chi connectivity index (χ1v) is 8.43. The molecular formula is C22H17BN2. The highest BCUT2D eigenvalue weighted by atomic mass is 15.1. The van der Waals surface area contributed by atoms with Crippen LogP contribution >= 0.6 is 0 Å². The van der Waals surface area contributed by atoms with Gasteiger partial charge in [0.25, 0.3) is 0 Å². The summed E-state index contributed by atoms with van der Waals surface area (Å²) in [7, 11) is 0. The molecule has 0 bridgehead atoms. The third-order valence-corrected chi connectivity index (χ3v) is 4.59. The van der Waals surface area contributed by atoms with Gasteiger partial charge in [0.15, 0.2) is 0 Å². The summed E-state index contributed by atoms with van der Waals surface area (Å²) >= 11 is 0. The molecule has 0 saturated carbocycles. The lowest BCUT2D eigenvalue weighted by molar-refractivity contribution is 1.02. The van der Waals surface area contributed by atoms with E-state index in [0.717, 1.165) is 12.0 Å². The van der Waals surface area contributed by atoms with E-state index in [1.54, 1.807) is 0 Å². The van der Waals surface area contributed by atoms with E-state index in [1.165, 1.54) is 16.8 Å². The number of hydrogen-bond donors (Lipinski definition) is 0. The molecule has 2 nitrogen and oxygen atoms in total. The Labute approximate surface area is 148 Å². The van der Waals surface area contributed by atoms with Crippen molar-refractivity contribution in [3.63, 3.8) is 0 Å². The van der Waals surface area contributed by atoms with Crippen LogP contribution in [0.2, 0.25) is 0 Å². The Morgan fingerprint density at radius 3 is 2.52 bits per heavy atom. The average Bonchev–Trinajstić information content (AvgIpc) is 2.69. The van der Waals surface area contributed by atoms with Crippen molar-refractivity contribution in [3.8, 4) is 6.07 Å². The average molecular weight is 320 g/mol. The van der Waals surface area contributed by atoms with Crippen molar-refractivity contribution in [1.82, 2.24) is 0 Å². The minimum atomic E-state index is 0.114. The standard InChI is InChI=1S/C22H17BN2/c24-16-19-9-6-11-21(15-19)23-14-13-20-10-4-5-12-22(20)25(23)17-18-7-2-1-3-8-18/h1-15H,17H2. The molecule has 3 aromatic rings. The predicted octanol–water partition coefficient (Wildman–Crippen LogP) is 4.03. The van der Waals surface area contributed by atoms with Crippen LogP contribution in [0.1, 0.15) is 16.7 Å². The van der Waals surface area contributed by atoms with E-state index in [-0.39, 0.29) is 6.85 Å². The Morgan fingerprint density at radius 1 is 0.880 bits per heavy atom. The lowest BCUT2D eigenvalue weighted by Gasteiger charge is -2.34. The fourth-order valence-electron chi connectivity index (χ4n) is 3.39. The lowest BCUT2D eigenvalue weighted by atomic mass is 9.52. The zero-order valence-corrected chi connectivity index (χ0v) is 13.8. The number of hydrogen-bond acceptors (Lipinski definition) is 2. The van der Waals surface area contributed by atoms with Crippen LogP contribution in [0.3, 0.4) is 0 Å². The van der Waals surface area contributed by atoms with E-state index in [9.17, 15) is 5.26 Å². The quantitative estimate of drug-likeness (QED) is 0.681. The largest absolute Gasteiger partial charge is 0.403 e. The molecule has 3 aromatic carbocycles. The number of nitriles is 1. The second-order valence-corrected chi connectivity index (χ2v) is 6.21. The second kappa shape index (κ2) is 6.71. The highest BCUT2D eigenvalue weighted by molar-refractivity contribution is 6.82. The molecule has 3 heteroatoms. The Balaban J connectivity index is 1.78. The van der Waals surface area contributed by atoms with Crippen molar-refractivity contribution < 1.29 is 0 Å². The van der Waals surface area contributed by atoms with E-state index < -0.39 is 0 Å². The summed E-state index contributed by atoms with van der Waals surface area (Å²) in [6, 6.07) is 29.1. The van der Waals surface area contributed by atoms with Crippen molar-refractivity contribution in [1.29, 1.82) is 5.26 Å². The monoisotopic (exact) mass is 320 g/mol. The fourth-order valence-corrected chi connectivity index (χ4v) is 3.39. The SMILES string of the molecule is N#Cc1cccc(B2C=Cc3ccccc3N2Cc2ccccc2)c1. The molecule has 1 aliphatic heterocycles. The lowest BCUT2D eigenvalue weighted by Crippen LogP contribution is -2.48. The van der Waals surface area contributed by atoms with Crippen molar-refractivity contribution in [2.45, 2.75) is 6.54 Å². The number of nitrogens with zero attached hydrogens (tertiary/aromatic N) is 2. The van der Waals surface area contributed by atoms with Gasteiger partial charge in [0, 0.05) is 12.2 Å². The van der Waals surface area contributed by atoms with Gasteiger partial charge in [0.05, 0.1) is 11.6 Å². The fraction of sp³-hybridized carbons (Fsp3) is 0.0455. The normalized spacial score (nSPS) is 12.6. The summed E-state index contributed by atoms with van der Waals surface area (Å²) in [6.07, 6.45) is 2.18. The van der Waals surface area contributed by atoms with Gasteiger partial charge in [-0.05, 0) is 29.3 Å². The van der Waals surface area contributed by atoms with E-state index in [0.29, 0.717) is 5.56 Å². The van der Waals surface area contributed by atoms with Crippen LogP contribution in [0.5, 0.6) is 0 Å². The molecule has 0 saturated heterocycles. The molecule has 0 spiro atoms. The second-order valence-electron chi connectivity index (χ2n) is 6.21. The third-order valence-electron chi connectivity index (χ3n) is 4.59. The summed E-state index contributed by atoms with van der Waals surface area (Å²) in [4.78, 5) is 2.40. The molecule has 0 aliphatic carbocycles. The Bertz CT molecular complexity index is 957. The zero-order chi connectivity index (χ0) is 17.1. The minimum Gasteiger partial charge on any atom is -0.403 e. The van der Waals surface area contributed by atoms with Crippen molar-refractivity contribution in [2.75, 3.05) is 4.81 Å². The maximum Gasteiger partial charge on any atom is 0.316 e. The smallest absolute Gasteiger partial charge is 0.316 e. The van der Waals surface area contributed by atoms with Gasteiger partial charge in [-0.3, -0.25) is 0 Å². The van der Waals surface area contributed by atoms with Crippen molar-refractivity contribution >= 4 is 24.1 Å². The van der Waals surface area contributed by atoms with Crippen LogP contribution in [-0.2, 0) is 6.54 Å². The molecule has 118 valence electrons. The maximum atomic E-state index is 9.24. The molecular weight excluding hydrogens is 303 g/mol. The molecule has 1 aliphatic rings. The van der Waals surface area contributed by atoms with Crippen LogP contribution in [0.15, 0.2) is 84.8 Å². The molecule has 0 amide bonds. The van der Waals surface area contributed by atoms with Gasteiger partial charge >= 0.3 is 6.85 Å². The summed E-state index contributed by atoms with van der Waals surface area (Å²) in [6.45, 7) is 0.937. The molecule has 0 aromatic heterocycles. The zero-order valence-electron chi connectivity index (χ0n) is 13.8. The van der Waals surface area contributed by atoms with Crippen LogP contribution in [0, 0.1) is 11.3 Å².